The van der Waals surface area contributed by atoms with Crippen LogP contribution in [0.2, 0.25) is 5.02 Å². The highest BCUT2D eigenvalue weighted by atomic mass is 35.5. The molecule has 4 heteroatoms. The van der Waals surface area contributed by atoms with Gasteiger partial charge in [0.2, 0.25) is 0 Å². The second kappa shape index (κ2) is 7.53. The van der Waals surface area contributed by atoms with E-state index in [0.717, 1.165) is 6.54 Å². The molecule has 0 saturated heterocycles. The van der Waals surface area contributed by atoms with Crippen molar-refractivity contribution in [2.45, 2.75) is 19.3 Å². The molecule has 1 atom stereocenters. The quantitative estimate of drug-likeness (QED) is 0.825. The second-order valence-electron chi connectivity index (χ2n) is 4.97. The Kier molecular flexibility index (Phi) is 5.71. The first-order valence-corrected chi connectivity index (χ1v) is 7.38. The summed E-state index contributed by atoms with van der Waals surface area (Å²) >= 11 is 5.77. The third kappa shape index (κ3) is 4.26. The van der Waals surface area contributed by atoms with Gasteiger partial charge in [-0.25, -0.2) is 8.78 Å². The molecule has 0 fully saturated rings. The van der Waals surface area contributed by atoms with Crippen molar-refractivity contribution in [2.24, 2.45) is 0 Å². The third-order valence-corrected chi connectivity index (χ3v) is 3.70. The largest absolute Gasteiger partial charge is 0.316 e. The first-order chi connectivity index (χ1) is 10.1. The molecule has 0 aliphatic heterocycles. The fourth-order valence-electron chi connectivity index (χ4n) is 2.37. The molecule has 21 heavy (non-hydrogen) atoms. The van der Waals surface area contributed by atoms with Gasteiger partial charge >= 0.3 is 0 Å². The molecule has 0 aliphatic rings. The first-order valence-electron chi connectivity index (χ1n) is 7.01. The van der Waals surface area contributed by atoms with E-state index >= 15 is 0 Å². The molecule has 1 nitrogen and oxygen atoms in total. The lowest BCUT2D eigenvalue weighted by Crippen LogP contribution is -2.23. The van der Waals surface area contributed by atoms with E-state index in [2.05, 4.69) is 5.32 Å². The second-order valence-corrected chi connectivity index (χ2v) is 5.40. The van der Waals surface area contributed by atoms with Crippen LogP contribution in [0.3, 0.4) is 0 Å². The zero-order chi connectivity index (χ0) is 15.2. The van der Waals surface area contributed by atoms with Crippen LogP contribution in [0.15, 0.2) is 42.5 Å². The summed E-state index contributed by atoms with van der Waals surface area (Å²) in [4.78, 5) is 0. The van der Waals surface area contributed by atoms with Gasteiger partial charge in [-0.2, -0.15) is 0 Å². The number of hydrogen-bond acceptors (Lipinski definition) is 1. The molecule has 0 saturated carbocycles. The van der Waals surface area contributed by atoms with Crippen molar-refractivity contribution >= 4 is 11.6 Å². The number of benzene rings is 2. The third-order valence-electron chi connectivity index (χ3n) is 3.47. The van der Waals surface area contributed by atoms with Gasteiger partial charge in [0.25, 0.3) is 0 Å². The van der Waals surface area contributed by atoms with Crippen molar-refractivity contribution in [1.29, 1.82) is 0 Å². The van der Waals surface area contributed by atoms with Gasteiger partial charge in [-0.1, -0.05) is 42.8 Å². The molecule has 0 aromatic heterocycles. The highest BCUT2D eigenvalue weighted by molar-refractivity contribution is 6.30. The summed E-state index contributed by atoms with van der Waals surface area (Å²) in [5.41, 5.74) is 1.15. The molecule has 112 valence electrons. The Bertz CT molecular complexity index is 601. The number of nitrogens with one attached hydrogen (secondary N) is 1. The summed E-state index contributed by atoms with van der Waals surface area (Å²) in [6, 6.07) is 11.3. The van der Waals surface area contributed by atoms with Gasteiger partial charge in [-0.15, -0.1) is 0 Å². The van der Waals surface area contributed by atoms with Gasteiger partial charge in [0, 0.05) is 17.5 Å². The Morgan fingerprint density at radius 1 is 1.10 bits per heavy atom. The Labute approximate surface area is 128 Å². The van der Waals surface area contributed by atoms with Gasteiger partial charge in [0.05, 0.1) is 0 Å². The molecule has 2 rings (SSSR count). The summed E-state index contributed by atoms with van der Waals surface area (Å²) in [5.74, 6) is -0.725. The highest BCUT2D eigenvalue weighted by Crippen LogP contribution is 2.25. The Morgan fingerprint density at radius 3 is 2.52 bits per heavy atom. The molecule has 2 aromatic carbocycles. The molecule has 0 heterocycles. The Morgan fingerprint density at radius 2 is 1.86 bits per heavy atom. The summed E-state index contributed by atoms with van der Waals surface area (Å²) in [7, 11) is 0. The van der Waals surface area contributed by atoms with Crippen LogP contribution < -0.4 is 5.32 Å². The van der Waals surface area contributed by atoms with Gasteiger partial charge in [0.15, 0.2) is 0 Å². The van der Waals surface area contributed by atoms with Gasteiger partial charge in [0.1, 0.15) is 11.6 Å². The summed E-state index contributed by atoms with van der Waals surface area (Å²) in [6.07, 6.45) is 0.428. The standard InChI is InChI=1S/C17H18ClF2N/c1-2-21-11-13(15-5-3-4-6-16(15)19)9-12-7-8-14(18)10-17(12)20/h3-8,10,13,21H,2,9,11H2,1H3. The number of likely N-dealkylation sites (N-methyl/N-ethyl adjacent to an activating group) is 1. The number of halogens is 3. The first kappa shape index (κ1) is 15.9. The fraction of sp³-hybridized carbons (Fsp3) is 0.294. The normalized spacial score (nSPS) is 12.4. The Balaban J connectivity index is 2.26. The topological polar surface area (TPSA) is 12.0 Å². The minimum Gasteiger partial charge on any atom is -0.316 e. The summed E-state index contributed by atoms with van der Waals surface area (Å²) in [5, 5.41) is 3.58. The molecule has 0 spiro atoms. The number of hydrogen-bond donors (Lipinski definition) is 1. The van der Waals surface area contributed by atoms with Crippen LogP contribution in [-0.2, 0) is 6.42 Å². The van der Waals surface area contributed by atoms with Crippen molar-refractivity contribution in [2.75, 3.05) is 13.1 Å². The van der Waals surface area contributed by atoms with E-state index in [-0.39, 0.29) is 17.6 Å². The smallest absolute Gasteiger partial charge is 0.127 e. The molecule has 0 amide bonds. The average Bonchev–Trinajstić information content (AvgIpc) is 2.46. The monoisotopic (exact) mass is 309 g/mol. The SMILES string of the molecule is CCNCC(Cc1ccc(Cl)cc1F)c1ccccc1F. The summed E-state index contributed by atoms with van der Waals surface area (Å²) < 4.78 is 27.9. The molecule has 1 N–H and O–H groups in total. The van der Waals surface area contributed by atoms with E-state index in [1.165, 1.54) is 12.1 Å². The van der Waals surface area contributed by atoms with Crippen molar-refractivity contribution in [1.82, 2.24) is 5.32 Å². The maximum atomic E-state index is 14.0. The van der Waals surface area contributed by atoms with Crippen LogP contribution in [-0.4, -0.2) is 13.1 Å². The van der Waals surface area contributed by atoms with E-state index in [9.17, 15) is 8.78 Å². The maximum Gasteiger partial charge on any atom is 0.127 e. The lowest BCUT2D eigenvalue weighted by Gasteiger charge is -2.19. The summed E-state index contributed by atoms with van der Waals surface area (Å²) in [6.45, 7) is 3.37. The Hall–Kier alpha value is -1.45. The van der Waals surface area contributed by atoms with Crippen LogP contribution in [0, 0.1) is 11.6 Å². The van der Waals surface area contributed by atoms with E-state index in [4.69, 9.17) is 11.6 Å². The van der Waals surface area contributed by atoms with E-state index in [1.54, 1.807) is 30.3 Å². The average molecular weight is 310 g/mol. The molecule has 0 aliphatic carbocycles. The van der Waals surface area contributed by atoms with Crippen LogP contribution in [0.1, 0.15) is 24.0 Å². The van der Waals surface area contributed by atoms with E-state index in [0.29, 0.717) is 29.1 Å². The van der Waals surface area contributed by atoms with Crippen molar-refractivity contribution in [3.8, 4) is 0 Å². The lowest BCUT2D eigenvalue weighted by atomic mass is 9.91. The molecular weight excluding hydrogens is 292 g/mol. The maximum absolute atomic E-state index is 14.0. The molecule has 2 aromatic rings. The lowest BCUT2D eigenvalue weighted by molar-refractivity contribution is 0.531. The van der Waals surface area contributed by atoms with Gasteiger partial charge < -0.3 is 5.32 Å². The minimum absolute atomic E-state index is 0.123. The van der Waals surface area contributed by atoms with Crippen molar-refractivity contribution < 1.29 is 8.78 Å². The van der Waals surface area contributed by atoms with Crippen LogP contribution in [0.25, 0.3) is 0 Å². The highest BCUT2D eigenvalue weighted by Gasteiger charge is 2.17. The molecule has 1 unspecified atom stereocenters. The number of rotatable bonds is 6. The van der Waals surface area contributed by atoms with E-state index < -0.39 is 0 Å². The van der Waals surface area contributed by atoms with Gasteiger partial charge in [-0.05, 0) is 42.3 Å². The van der Waals surface area contributed by atoms with Crippen molar-refractivity contribution in [3.05, 3.63) is 70.2 Å². The molecule has 0 bridgehead atoms. The fourth-order valence-corrected chi connectivity index (χ4v) is 2.53. The zero-order valence-electron chi connectivity index (χ0n) is 11.9. The van der Waals surface area contributed by atoms with Gasteiger partial charge in [-0.3, -0.25) is 0 Å². The van der Waals surface area contributed by atoms with Crippen LogP contribution in [0.5, 0.6) is 0 Å². The zero-order valence-corrected chi connectivity index (χ0v) is 12.6. The predicted molar refractivity (Wildman–Crippen MR) is 82.8 cm³/mol. The van der Waals surface area contributed by atoms with Crippen molar-refractivity contribution in [3.63, 3.8) is 0 Å². The minimum atomic E-state index is -0.347. The van der Waals surface area contributed by atoms with E-state index in [1.807, 2.05) is 6.92 Å². The van der Waals surface area contributed by atoms with Crippen LogP contribution in [0.4, 0.5) is 8.78 Å². The molecule has 0 radical (unpaired) electrons. The predicted octanol–water partition coefficient (Wildman–Crippen LogP) is 4.55. The molecular formula is C17H18ClF2N. The van der Waals surface area contributed by atoms with Crippen LogP contribution >= 0.6 is 11.6 Å².